The number of hydrogen-bond donors (Lipinski definition) is 2. The molecule has 0 atom stereocenters. The summed E-state index contributed by atoms with van der Waals surface area (Å²) in [6.07, 6.45) is 8.10. The fourth-order valence-electron chi connectivity index (χ4n) is 3.80. The smallest absolute Gasteiger partial charge is 0.297 e. The standard InChI is InChI=1S/C17H22N6O2/c1-22-15-12(14(21-22)16(24)23(2)25)8-7-10-9-18-17(20-13(10)15)19-11-5-3-4-6-11/h9,11,25H,3-8H2,1-2H3,(H,18,19,20). The fourth-order valence-corrected chi connectivity index (χ4v) is 3.80. The molecule has 2 heterocycles. The molecule has 0 saturated heterocycles. The Bertz CT molecular complexity index is 823. The number of anilines is 1. The maximum Gasteiger partial charge on any atom is 0.297 e. The molecule has 1 fully saturated rings. The average molecular weight is 342 g/mol. The molecule has 2 aliphatic carbocycles. The monoisotopic (exact) mass is 342 g/mol. The summed E-state index contributed by atoms with van der Waals surface area (Å²) in [6, 6.07) is 0.438. The maximum absolute atomic E-state index is 12.2. The van der Waals surface area contributed by atoms with Crippen LogP contribution in [0.2, 0.25) is 0 Å². The predicted octanol–water partition coefficient (Wildman–Crippen LogP) is 1.79. The van der Waals surface area contributed by atoms with Gasteiger partial charge in [-0.25, -0.2) is 15.0 Å². The van der Waals surface area contributed by atoms with Crippen LogP contribution in [-0.4, -0.2) is 49.0 Å². The molecule has 2 aromatic heterocycles. The largest absolute Gasteiger partial charge is 0.351 e. The summed E-state index contributed by atoms with van der Waals surface area (Å²) >= 11 is 0. The van der Waals surface area contributed by atoms with Gasteiger partial charge < -0.3 is 5.32 Å². The van der Waals surface area contributed by atoms with Crippen molar-refractivity contribution in [3.8, 4) is 11.4 Å². The number of aromatic nitrogens is 4. The van der Waals surface area contributed by atoms with Gasteiger partial charge >= 0.3 is 0 Å². The molecular weight excluding hydrogens is 320 g/mol. The van der Waals surface area contributed by atoms with Crippen molar-refractivity contribution in [1.29, 1.82) is 0 Å². The van der Waals surface area contributed by atoms with Gasteiger partial charge in [-0.05, 0) is 31.2 Å². The van der Waals surface area contributed by atoms with Crippen molar-refractivity contribution in [2.24, 2.45) is 7.05 Å². The van der Waals surface area contributed by atoms with E-state index in [1.807, 2.05) is 6.20 Å². The van der Waals surface area contributed by atoms with E-state index in [-0.39, 0.29) is 5.69 Å². The van der Waals surface area contributed by atoms with Crippen molar-refractivity contribution in [3.05, 3.63) is 23.0 Å². The van der Waals surface area contributed by atoms with Gasteiger partial charge in [0.05, 0.1) is 11.4 Å². The highest BCUT2D eigenvalue weighted by molar-refractivity contribution is 5.95. The Morgan fingerprint density at radius 2 is 2.12 bits per heavy atom. The summed E-state index contributed by atoms with van der Waals surface area (Å²) < 4.78 is 1.68. The Morgan fingerprint density at radius 3 is 2.84 bits per heavy atom. The first kappa shape index (κ1) is 16.0. The summed E-state index contributed by atoms with van der Waals surface area (Å²) in [5.74, 6) is 0.130. The molecule has 1 saturated carbocycles. The molecule has 8 nitrogen and oxygen atoms in total. The van der Waals surface area contributed by atoms with Crippen LogP contribution in [0.15, 0.2) is 6.20 Å². The van der Waals surface area contributed by atoms with Gasteiger partial charge in [0, 0.05) is 31.9 Å². The van der Waals surface area contributed by atoms with Crippen LogP contribution in [-0.2, 0) is 19.9 Å². The van der Waals surface area contributed by atoms with Gasteiger partial charge in [0.25, 0.3) is 5.91 Å². The molecule has 1 amide bonds. The number of fused-ring (bicyclic) bond motifs is 3. The fraction of sp³-hybridized carbons (Fsp3) is 0.529. The van der Waals surface area contributed by atoms with Crippen LogP contribution >= 0.6 is 0 Å². The van der Waals surface area contributed by atoms with Gasteiger partial charge in [0.2, 0.25) is 5.95 Å². The first-order chi connectivity index (χ1) is 12.0. The quantitative estimate of drug-likeness (QED) is 0.652. The van der Waals surface area contributed by atoms with Crippen molar-refractivity contribution in [1.82, 2.24) is 24.8 Å². The Balaban J connectivity index is 1.73. The number of nitrogens with one attached hydrogen (secondary N) is 1. The van der Waals surface area contributed by atoms with E-state index >= 15 is 0 Å². The highest BCUT2D eigenvalue weighted by Gasteiger charge is 2.30. The van der Waals surface area contributed by atoms with E-state index in [0.717, 1.165) is 41.8 Å². The number of amides is 1. The van der Waals surface area contributed by atoms with Crippen molar-refractivity contribution < 1.29 is 10.0 Å². The number of hydrogen-bond acceptors (Lipinski definition) is 6. The molecule has 0 radical (unpaired) electrons. The van der Waals surface area contributed by atoms with Crippen molar-refractivity contribution in [3.63, 3.8) is 0 Å². The lowest BCUT2D eigenvalue weighted by Crippen LogP contribution is -2.24. The van der Waals surface area contributed by atoms with Crippen LogP contribution < -0.4 is 5.32 Å². The average Bonchev–Trinajstić information content (AvgIpc) is 3.22. The minimum Gasteiger partial charge on any atom is -0.351 e. The minimum absolute atomic E-state index is 0.289. The number of carbonyl (C=O) groups is 1. The van der Waals surface area contributed by atoms with E-state index in [0.29, 0.717) is 23.5 Å². The molecule has 0 aliphatic heterocycles. The summed E-state index contributed by atoms with van der Waals surface area (Å²) in [4.78, 5) is 21.4. The Labute approximate surface area is 145 Å². The van der Waals surface area contributed by atoms with Gasteiger partial charge in [-0.1, -0.05) is 12.8 Å². The minimum atomic E-state index is -0.501. The summed E-state index contributed by atoms with van der Waals surface area (Å²) in [5, 5.41) is 17.8. The van der Waals surface area contributed by atoms with Gasteiger partial charge in [-0.15, -0.1) is 0 Å². The summed E-state index contributed by atoms with van der Waals surface area (Å²) in [7, 11) is 3.11. The molecule has 0 unspecified atom stereocenters. The molecule has 0 spiro atoms. The Morgan fingerprint density at radius 1 is 1.36 bits per heavy atom. The van der Waals surface area contributed by atoms with Crippen molar-refractivity contribution >= 4 is 11.9 Å². The second kappa shape index (κ2) is 6.11. The highest BCUT2D eigenvalue weighted by atomic mass is 16.5. The van der Waals surface area contributed by atoms with Crippen LogP contribution in [0.5, 0.6) is 0 Å². The van der Waals surface area contributed by atoms with Crippen LogP contribution in [0.25, 0.3) is 11.4 Å². The van der Waals surface area contributed by atoms with E-state index in [4.69, 9.17) is 4.98 Å². The Hall–Kier alpha value is -2.48. The maximum atomic E-state index is 12.2. The molecule has 0 bridgehead atoms. The van der Waals surface area contributed by atoms with E-state index in [1.54, 1.807) is 11.7 Å². The number of aryl methyl sites for hydroxylation is 2. The molecule has 4 rings (SSSR count). The van der Waals surface area contributed by atoms with Crippen LogP contribution in [0, 0.1) is 0 Å². The predicted molar refractivity (Wildman–Crippen MR) is 91.4 cm³/mol. The summed E-state index contributed by atoms with van der Waals surface area (Å²) in [5.41, 5.74) is 3.85. The first-order valence-corrected chi connectivity index (χ1v) is 8.70. The third-order valence-corrected chi connectivity index (χ3v) is 5.06. The van der Waals surface area contributed by atoms with E-state index < -0.39 is 5.91 Å². The molecule has 0 aromatic carbocycles. The zero-order chi connectivity index (χ0) is 17.6. The molecule has 8 heteroatoms. The van der Waals surface area contributed by atoms with Gasteiger partial charge in [-0.2, -0.15) is 5.10 Å². The van der Waals surface area contributed by atoms with E-state index in [1.165, 1.54) is 19.9 Å². The first-order valence-electron chi connectivity index (χ1n) is 8.70. The van der Waals surface area contributed by atoms with Crippen LogP contribution in [0.4, 0.5) is 5.95 Å². The zero-order valence-electron chi connectivity index (χ0n) is 14.5. The molecule has 25 heavy (non-hydrogen) atoms. The lowest BCUT2D eigenvalue weighted by Gasteiger charge is -2.19. The number of rotatable bonds is 3. The number of hydroxylamine groups is 2. The van der Waals surface area contributed by atoms with Gasteiger partial charge in [0.15, 0.2) is 5.69 Å². The lowest BCUT2D eigenvalue weighted by molar-refractivity contribution is -0.0380. The molecule has 2 aliphatic rings. The third kappa shape index (κ3) is 2.76. The molecule has 2 N–H and O–H groups in total. The second-order valence-corrected chi connectivity index (χ2v) is 6.82. The molecular formula is C17H22N6O2. The lowest BCUT2D eigenvalue weighted by atomic mass is 9.93. The second-order valence-electron chi connectivity index (χ2n) is 6.82. The summed E-state index contributed by atoms with van der Waals surface area (Å²) in [6.45, 7) is 0. The number of carbonyl (C=O) groups excluding carboxylic acids is 1. The third-order valence-electron chi connectivity index (χ3n) is 5.06. The molecule has 132 valence electrons. The topological polar surface area (TPSA) is 96.2 Å². The molecule has 2 aromatic rings. The van der Waals surface area contributed by atoms with Crippen LogP contribution in [0.1, 0.15) is 47.3 Å². The highest BCUT2D eigenvalue weighted by Crippen LogP contribution is 2.34. The van der Waals surface area contributed by atoms with Crippen molar-refractivity contribution in [2.75, 3.05) is 12.4 Å². The SMILES string of the molecule is CN(O)C(=O)c1nn(C)c2c1CCc1cnc(NC3CCCC3)nc1-2. The van der Waals surface area contributed by atoms with Crippen molar-refractivity contribution in [2.45, 2.75) is 44.6 Å². The van der Waals surface area contributed by atoms with Crippen LogP contribution in [0.3, 0.4) is 0 Å². The normalized spacial score (nSPS) is 16.4. The van der Waals surface area contributed by atoms with Gasteiger partial charge in [-0.3, -0.25) is 14.7 Å². The van der Waals surface area contributed by atoms with E-state index in [9.17, 15) is 10.0 Å². The van der Waals surface area contributed by atoms with Gasteiger partial charge in [0.1, 0.15) is 0 Å². The Kier molecular flexibility index (Phi) is 3.91. The number of nitrogens with zero attached hydrogens (tertiary/aromatic N) is 5. The van der Waals surface area contributed by atoms with E-state index in [2.05, 4.69) is 15.4 Å². The zero-order valence-corrected chi connectivity index (χ0v) is 14.5.